The minimum atomic E-state index is -4.82. The van der Waals surface area contributed by atoms with Gasteiger partial charge in [-0.2, -0.15) is 0 Å². The van der Waals surface area contributed by atoms with Crippen molar-refractivity contribution in [3.63, 3.8) is 0 Å². The predicted molar refractivity (Wildman–Crippen MR) is 242 cm³/mol. The van der Waals surface area contributed by atoms with Crippen LogP contribution in [0.15, 0.2) is 47.4 Å². The van der Waals surface area contributed by atoms with E-state index in [4.69, 9.17) is 9.47 Å². The summed E-state index contributed by atoms with van der Waals surface area (Å²) in [6.07, 6.45) is 50.8. The molecule has 0 aliphatic rings. The van der Waals surface area contributed by atoms with Gasteiger partial charge >= 0.3 is 41.5 Å². The number of esters is 2. The maximum atomic E-state index is 13.0. The molecule has 1 aromatic rings. The van der Waals surface area contributed by atoms with Crippen molar-refractivity contribution in [2.24, 2.45) is 0 Å². The summed E-state index contributed by atoms with van der Waals surface area (Å²) in [6, 6.07) is 3.14. The molecule has 334 valence electrons. The molecule has 0 aliphatic heterocycles. The number of carbonyl (C=O) groups is 2. The summed E-state index contributed by atoms with van der Waals surface area (Å²) in [6.45, 7) is 4.88. The Labute approximate surface area is 385 Å². The summed E-state index contributed by atoms with van der Waals surface area (Å²) in [5.74, 6) is -1.55. The van der Waals surface area contributed by atoms with Crippen molar-refractivity contribution < 1.29 is 61.6 Å². The van der Waals surface area contributed by atoms with E-state index in [1.807, 2.05) is 0 Å². The quantitative estimate of drug-likeness (QED) is 0.0212. The standard InChI is InChI=1S/C50H86O7S.Na/c1-3-5-7-9-11-13-15-17-19-21-23-25-27-29-31-33-35-37-39-43-56-49(51)47-42-41-46(58(53,54)55)45-48(47)50(52)57-44-40-38-36-34-32-30-28-26-24-22-20-18-16-14-12-10-8-6-4-2;/h19-22,41-42,45H,3-18,23-40,43-44H2,1-2H3,(H,53,54,55);/q;+1/p-1/b21-19+,22-20+;. The fraction of sp³-hybridized carbons (Fsp3) is 0.760. The van der Waals surface area contributed by atoms with Crippen molar-refractivity contribution in [2.45, 2.75) is 237 Å². The Balaban J connectivity index is 0.0000336. The topological polar surface area (TPSA) is 110 Å². The molecule has 0 atom stereocenters. The van der Waals surface area contributed by atoms with E-state index in [-0.39, 0.29) is 53.9 Å². The number of unbranched alkanes of at least 4 members (excludes halogenated alkanes) is 30. The molecule has 0 aliphatic carbocycles. The zero-order valence-corrected chi connectivity index (χ0v) is 41.1. The van der Waals surface area contributed by atoms with Crippen LogP contribution in [0.4, 0.5) is 0 Å². The minimum absolute atomic E-state index is 0. The summed E-state index contributed by atoms with van der Waals surface area (Å²) >= 11 is 0. The van der Waals surface area contributed by atoms with E-state index in [9.17, 15) is 22.6 Å². The number of benzene rings is 1. The smallest absolute Gasteiger partial charge is 0.744 e. The molecule has 7 nitrogen and oxygen atoms in total. The first-order valence-electron chi connectivity index (χ1n) is 24.0. The van der Waals surface area contributed by atoms with Gasteiger partial charge in [0.15, 0.2) is 0 Å². The van der Waals surface area contributed by atoms with E-state index in [0.717, 1.165) is 50.7 Å². The molecule has 9 heteroatoms. The van der Waals surface area contributed by atoms with Crippen LogP contribution < -0.4 is 29.6 Å². The zero-order valence-electron chi connectivity index (χ0n) is 38.3. The second-order valence-electron chi connectivity index (χ2n) is 16.4. The summed E-state index contributed by atoms with van der Waals surface area (Å²) in [4.78, 5) is 25.3. The van der Waals surface area contributed by atoms with Gasteiger partial charge in [-0.05, 0) is 82.4 Å². The molecule has 0 N–H and O–H groups in total. The number of allylic oxidation sites excluding steroid dienone is 4. The third-order valence-electron chi connectivity index (χ3n) is 11.0. The molecule has 0 aromatic heterocycles. The van der Waals surface area contributed by atoms with Crippen molar-refractivity contribution in [3.8, 4) is 0 Å². The van der Waals surface area contributed by atoms with Crippen LogP contribution >= 0.6 is 0 Å². The normalized spacial score (nSPS) is 11.7. The van der Waals surface area contributed by atoms with E-state index >= 15 is 0 Å². The van der Waals surface area contributed by atoms with Crippen molar-refractivity contribution in [1.29, 1.82) is 0 Å². The van der Waals surface area contributed by atoms with Gasteiger partial charge in [0, 0.05) is 0 Å². The molecule has 0 saturated heterocycles. The number of hydrogen-bond acceptors (Lipinski definition) is 7. The Morgan fingerprint density at radius 1 is 0.458 bits per heavy atom. The Bertz CT molecular complexity index is 1310. The molecule has 0 amide bonds. The van der Waals surface area contributed by atoms with Gasteiger partial charge in [0.05, 0.1) is 29.2 Å². The van der Waals surface area contributed by atoms with E-state index in [2.05, 4.69) is 38.2 Å². The van der Waals surface area contributed by atoms with Gasteiger partial charge < -0.3 is 14.0 Å². The molecule has 1 aromatic carbocycles. The molecule has 0 unspecified atom stereocenters. The van der Waals surface area contributed by atoms with Gasteiger partial charge in [0.25, 0.3) is 0 Å². The number of hydrogen-bond donors (Lipinski definition) is 0. The summed E-state index contributed by atoms with van der Waals surface area (Å²) in [5, 5.41) is 0. The Hall–Kier alpha value is -1.45. The first-order valence-corrected chi connectivity index (χ1v) is 25.5. The second-order valence-corrected chi connectivity index (χ2v) is 17.8. The molecular weight excluding hydrogens is 768 g/mol. The van der Waals surface area contributed by atoms with E-state index in [1.54, 1.807) is 0 Å². The minimum Gasteiger partial charge on any atom is -0.744 e. The Morgan fingerprint density at radius 2 is 0.746 bits per heavy atom. The summed E-state index contributed by atoms with van der Waals surface area (Å²) in [7, 11) is -4.82. The molecular formula is C50H85NaO7S. The van der Waals surface area contributed by atoms with Gasteiger partial charge in [-0.1, -0.05) is 192 Å². The van der Waals surface area contributed by atoms with Crippen LogP contribution in [-0.2, 0) is 19.6 Å². The largest absolute Gasteiger partial charge is 1.00 e. The Morgan fingerprint density at radius 3 is 1.07 bits per heavy atom. The second kappa shape index (κ2) is 41.9. The molecule has 0 fully saturated rings. The van der Waals surface area contributed by atoms with Crippen molar-refractivity contribution in [2.75, 3.05) is 13.2 Å². The van der Waals surface area contributed by atoms with E-state index in [1.165, 1.54) is 173 Å². The summed E-state index contributed by atoms with van der Waals surface area (Å²) in [5.41, 5.74) is -0.341. The van der Waals surface area contributed by atoms with E-state index < -0.39 is 27.0 Å². The fourth-order valence-electron chi connectivity index (χ4n) is 7.27. The molecule has 0 spiro atoms. The maximum Gasteiger partial charge on any atom is 1.00 e. The molecule has 0 heterocycles. The first-order chi connectivity index (χ1) is 28.3. The average molecular weight is 853 g/mol. The Kier molecular flexibility index (Phi) is 40.9. The average Bonchev–Trinajstić information content (AvgIpc) is 3.21. The van der Waals surface area contributed by atoms with Gasteiger partial charge in [-0.25, -0.2) is 18.0 Å². The third-order valence-corrected chi connectivity index (χ3v) is 11.8. The number of rotatable bonds is 41. The van der Waals surface area contributed by atoms with Gasteiger partial charge in [-0.15, -0.1) is 0 Å². The van der Waals surface area contributed by atoms with Gasteiger partial charge in [-0.3, -0.25) is 0 Å². The van der Waals surface area contributed by atoms with Crippen LogP contribution in [0.25, 0.3) is 0 Å². The monoisotopic (exact) mass is 853 g/mol. The molecule has 0 bridgehead atoms. The van der Waals surface area contributed by atoms with Crippen molar-refractivity contribution >= 4 is 22.1 Å². The van der Waals surface area contributed by atoms with Crippen LogP contribution in [0.1, 0.15) is 253 Å². The number of carbonyl (C=O) groups excluding carboxylic acids is 2. The van der Waals surface area contributed by atoms with Gasteiger partial charge in [0.2, 0.25) is 0 Å². The third kappa shape index (κ3) is 34.8. The predicted octanol–water partition coefficient (Wildman–Crippen LogP) is 12.3. The van der Waals surface area contributed by atoms with Crippen LogP contribution in [-0.4, -0.2) is 38.1 Å². The molecule has 0 saturated carbocycles. The van der Waals surface area contributed by atoms with Crippen LogP contribution in [0.3, 0.4) is 0 Å². The van der Waals surface area contributed by atoms with Gasteiger partial charge in [0.1, 0.15) is 10.1 Å². The number of ether oxygens (including phenoxy) is 2. The van der Waals surface area contributed by atoms with Crippen molar-refractivity contribution in [3.05, 3.63) is 53.6 Å². The molecule has 0 radical (unpaired) electrons. The fourth-order valence-corrected chi connectivity index (χ4v) is 7.77. The SMILES string of the molecule is CCCCCCCCC/C=C/CCCCCCCCCCOC(=O)c1ccc(S(=O)(=O)[O-])cc1C(=O)OCCCCCCCCCC/C=C/CCCCCCCCC.[Na+]. The molecule has 59 heavy (non-hydrogen) atoms. The van der Waals surface area contributed by atoms with Crippen molar-refractivity contribution in [1.82, 2.24) is 0 Å². The first kappa shape index (κ1) is 57.5. The van der Waals surface area contributed by atoms with E-state index in [0.29, 0.717) is 12.8 Å². The van der Waals surface area contributed by atoms with Crippen LogP contribution in [0.2, 0.25) is 0 Å². The van der Waals surface area contributed by atoms with Crippen LogP contribution in [0, 0.1) is 0 Å². The molecule has 1 rings (SSSR count). The maximum absolute atomic E-state index is 13.0. The zero-order chi connectivity index (χ0) is 42.2. The summed E-state index contributed by atoms with van der Waals surface area (Å²) < 4.78 is 45.9. The van der Waals surface area contributed by atoms with Crippen LogP contribution in [0.5, 0.6) is 0 Å².